The summed E-state index contributed by atoms with van der Waals surface area (Å²) in [5.41, 5.74) is 0. The molecule has 2 aliphatic rings. The van der Waals surface area contributed by atoms with Crippen LogP contribution in [0.3, 0.4) is 0 Å². The minimum atomic E-state index is -0.162. The Labute approximate surface area is 138 Å². The van der Waals surface area contributed by atoms with Gasteiger partial charge in [0.15, 0.2) is 0 Å². The Morgan fingerprint density at radius 1 is 0.957 bits per heavy atom. The number of hydrogen-bond acceptors (Lipinski definition) is 4. The van der Waals surface area contributed by atoms with Gasteiger partial charge in [0.1, 0.15) is 0 Å². The lowest BCUT2D eigenvalue weighted by molar-refractivity contribution is -0.142. The molecule has 0 aliphatic carbocycles. The quantitative estimate of drug-likeness (QED) is 0.761. The Bertz CT molecular complexity index is 452. The van der Waals surface area contributed by atoms with Gasteiger partial charge in [-0.3, -0.25) is 19.3 Å². The van der Waals surface area contributed by atoms with Gasteiger partial charge in [0.25, 0.3) is 0 Å². The number of piperidine rings is 1. The average molecular weight is 324 g/mol. The van der Waals surface area contributed by atoms with Gasteiger partial charge < -0.3 is 15.1 Å². The van der Waals surface area contributed by atoms with E-state index in [-0.39, 0.29) is 29.7 Å². The normalized spacial score (nSPS) is 21.9. The summed E-state index contributed by atoms with van der Waals surface area (Å²) in [6.45, 7) is 7.52. The fourth-order valence-electron chi connectivity index (χ4n) is 3.42. The van der Waals surface area contributed by atoms with Crippen LogP contribution in [-0.4, -0.2) is 84.8 Å². The molecule has 0 saturated carbocycles. The molecule has 2 saturated heterocycles. The number of rotatable bonds is 3. The van der Waals surface area contributed by atoms with E-state index in [0.29, 0.717) is 26.2 Å². The highest BCUT2D eigenvalue weighted by molar-refractivity contribution is 5.82. The molecular formula is C16H28N4O3. The zero-order valence-electron chi connectivity index (χ0n) is 14.4. The first-order valence-electron chi connectivity index (χ1n) is 8.44. The molecule has 0 spiro atoms. The fraction of sp³-hybridized carbons (Fsp3) is 0.812. The molecule has 7 heteroatoms. The van der Waals surface area contributed by atoms with E-state index >= 15 is 0 Å². The SMILES string of the molecule is CNC(=O)C1CCN(C(C)C(=O)N2CCN(C(C)=O)CC2)CC1. The van der Waals surface area contributed by atoms with Gasteiger partial charge in [-0.25, -0.2) is 0 Å². The van der Waals surface area contributed by atoms with E-state index < -0.39 is 0 Å². The van der Waals surface area contributed by atoms with Gasteiger partial charge in [0.05, 0.1) is 6.04 Å². The van der Waals surface area contributed by atoms with Gasteiger partial charge in [-0.2, -0.15) is 0 Å². The molecule has 2 rings (SSSR count). The first-order chi connectivity index (χ1) is 10.9. The van der Waals surface area contributed by atoms with Gasteiger partial charge in [0.2, 0.25) is 17.7 Å². The lowest BCUT2D eigenvalue weighted by Gasteiger charge is -2.39. The topological polar surface area (TPSA) is 73.0 Å². The highest BCUT2D eigenvalue weighted by Crippen LogP contribution is 2.20. The molecule has 2 heterocycles. The predicted molar refractivity (Wildman–Crippen MR) is 86.7 cm³/mol. The molecule has 1 atom stereocenters. The molecule has 0 bridgehead atoms. The van der Waals surface area contributed by atoms with E-state index in [9.17, 15) is 14.4 Å². The number of likely N-dealkylation sites (tertiary alicyclic amines) is 1. The molecule has 0 radical (unpaired) electrons. The van der Waals surface area contributed by atoms with Crippen LogP contribution in [0.4, 0.5) is 0 Å². The Kier molecular flexibility index (Phi) is 5.98. The standard InChI is InChI=1S/C16H28N4O3/c1-12(18-6-4-14(5-7-18)15(22)17-3)16(23)20-10-8-19(9-11-20)13(2)21/h12,14H,4-11H2,1-3H3,(H,17,22). The molecule has 0 aromatic heterocycles. The number of nitrogens with zero attached hydrogens (tertiary/aromatic N) is 3. The maximum Gasteiger partial charge on any atom is 0.239 e. The van der Waals surface area contributed by atoms with Crippen LogP contribution in [0.5, 0.6) is 0 Å². The van der Waals surface area contributed by atoms with Crippen molar-refractivity contribution < 1.29 is 14.4 Å². The Balaban J connectivity index is 1.82. The molecule has 7 nitrogen and oxygen atoms in total. The lowest BCUT2D eigenvalue weighted by Crippen LogP contribution is -2.56. The maximum absolute atomic E-state index is 12.6. The van der Waals surface area contributed by atoms with Crippen LogP contribution in [0.2, 0.25) is 0 Å². The second kappa shape index (κ2) is 7.77. The summed E-state index contributed by atoms with van der Waals surface area (Å²) in [5.74, 6) is 0.370. The minimum Gasteiger partial charge on any atom is -0.359 e. The third-order valence-corrected chi connectivity index (χ3v) is 5.09. The second-order valence-corrected chi connectivity index (χ2v) is 6.43. The predicted octanol–water partition coefficient (Wildman–Crippen LogP) is -0.476. The van der Waals surface area contributed by atoms with Gasteiger partial charge in [0, 0.05) is 46.1 Å². The van der Waals surface area contributed by atoms with E-state index in [1.54, 1.807) is 18.9 Å². The molecule has 0 aromatic carbocycles. The van der Waals surface area contributed by atoms with Crippen molar-refractivity contribution in [2.75, 3.05) is 46.3 Å². The van der Waals surface area contributed by atoms with Crippen LogP contribution in [0.1, 0.15) is 26.7 Å². The Morgan fingerprint density at radius 3 is 1.96 bits per heavy atom. The number of amides is 3. The van der Waals surface area contributed by atoms with Gasteiger partial charge in [-0.15, -0.1) is 0 Å². The highest BCUT2D eigenvalue weighted by Gasteiger charge is 2.32. The second-order valence-electron chi connectivity index (χ2n) is 6.43. The summed E-state index contributed by atoms with van der Waals surface area (Å²) in [7, 11) is 1.67. The maximum atomic E-state index is 12.6. The number of nitrogens with one attached hydrogen (secondary N) is 1. The van der Waals surface area contributed by atoms with E-state index in [0.717, 1.165) is 25.9 Å². The number of piperazine rings is 1. The smallest absolute Gasteiger partial charge is 0.239 e. The van der Waals surface area contributed by atoms with Crippen LogP contribution < -0.4 is 5.32 Å². The van der Waals surface area contributed by atoms with Crippen LogP contribution in [0, 0.1) is 5.92 Å². The van der Waals surface area contributed by atoms with Crippen LogP contribution in [0.15, 0.2) is 0 Å². The average Bonchev–Trinajstić information content (AvgIpc) is 2.60. The van der Waals surface area contributed by atoms with Crippen LogP contribution >= 0.6 is 0 Å². The fourth-order valence-corrected chi connectivity index (χ4v) is 3.42. The van der Waals surface area contributed by atoms with E-state index in [2.05, 4.69) is 10.2 Å². The van der Waals surface area contributed by atoms with Crippen LogP contribution in [0.25, 0.3) is 0 Å². The van der Waals surface area contributed by atoms with E-state index in [1.807, 2.05) is 11.8 Å². The van der Waals surface area contributed by atoms with Crippen molar-refractivity contribution >= 4 is 17.7 Å². The van der Waals surface area contributed by atoms with Crippen LogP contribution in [-0.2, 0) is 14.4 Å². The van der Waals surface area contributed by atoms with Crippen molar-refractivity contribution in [3.05, 3.63) is 0 Å². The Hall–Kier alpha value is -1.63. The minimum absolute atomic E-state index is 0.0673. The zero-order chi connectivity index (χ0) is 17.0. The van der Waals surface area contributed by atoms with Gasteiger partial charge >= 0.3 is 0 Å². The highest BCUT2D eigenvalue weighted by atomic mass is 16.2. The first kappa shape index (κ1) is 17.7. The number of carbonyl (C=O) groups excluding carboxylic acids is 3. The lowest BCUT2D eigenvalue weighted by atomic mass is 9.95. The molecule has 130 valence electrons. The van der Waals surface area contributed by atoms with Crippen molar-refractivity contribution in [1.29, 1.82) is 0 Å². The van der Waals surface area contributed by atoms with Crippen molar-refractivity contribution in [3.63, 3.8) is 0 Å². The molecule has 23 heavy (non-hydrogen) atoms. The van der Waals surface area contributed by atoms with Crippen molar-refractivity contribution in [2.45, 2.75) is 32.7 Å². The molecule has 2 aliphatic heterocycles. The molecule has 1 N–H and O–H groups in total. The monoisotopic (exact) mass is 324 g/mol. The van der Waals surface area contributed by atoms with Crippen molar-refractivity contribution in [3.8, 4) is 0 Å². The zero-order valence-corrected chi connectivity index (χ0v) is 14.4. The summed E-state index contributed by atoms with van der Waals surface area (Å²) in [6, 6.07) is -0.162. The summed E-state index contributed by atoms with van der Waals surface area (Å²) in [4.78, 5) is 41.5. The molecule has 0 aromatic rings. The Morgan fingerprint density at radius 2 is 1.48 bits per heavy atom. The van der Waals surface area contributed by atoms with Crippen molar-refractivity contribution in [2.24, 2.45) is 5.92 Å². The summed E-state index contributed by atoms with van der Waals surface area (Å²) < 4.78 is 0. The molecular weight excluding hydrogens is 296 g/mol. The summed E-state index contributed by atoms with van der Waals surface area (Å²) >= 11 is 0. The summed E-state index contributed by atoms with van der Waals surface area (Å²) in [5, 5.41) is 2.70. The van der Waals surface area contributed by atoms with E-state index in [1.165, 1.54) is 0 Å². The largest absolute Gasteiger partial charge is 0.359 e. The van der Waals surface area contributed by atoms with E-state index in [4.69, 9.17) is 0 Å². The molecule has 2 fully saturated rings. The van der Waals surface area contributed by atoms with Gasteiger partial charge in [-0.1, -0.05) is 0 Å². The number of hydrogen-bond donors (Lipinski definition) is 1. The van der Waals surface area contributed by atoms with Gasteiger partial charge in [-0.05, 0) is 32.9 Å². The third-order valence-electron chi connectivity index (χ3n) is 5.09. The third kappa shape index (κ3) is 4.22. The first-order valence-corrected chi connectivity index (χ1v) is 8.44. The molecule has 3 amide bonds. The molecule has 1 unspecified atom stereocenters. The summed E-state index contributed by atoms with van der Waals surface area (Å²) in [6.07, 6.45) is 1.60. The number of carbonyl (C=O) groups is 3. The van der Waals surface area contributed by atoms with Crippen molar-refractivity contribution in [1.82, 2.24) is 20.0 Å².